The molecular weight excluding hydrogens is 460 g/mol. The van der Waals surface area contributed by atoms with E-state index >= 15 is 0 Å². The van der Waals surface area contributed by atoms with Crippen LogP contribution >= 0.6 is 0 Å². The summed E-state index contributed by atoms with van der Waals surface area (Å²) in [5.41, 5.74) is 3.20. The lowest BCUT2D eigenvalue weighted by Gasteiger charge is -2.11. The number of aromatic nitrogens is 4. The van der Waals surface area contributed by atoms with Crippen LogP contribution < -0.4 is 10.0 Å². The van der Waals surface area contributed by atoms with E-state index in [1.54, 1.807) is 65.5 Å². The first kappa shape index (κ1) is 22.3. The minimum absolute atomic E-state index is 0.196. The van der Waals surface area contributed by atoms with Gasteiger partial charge in [-0.15, -0.1) is 0 Å². The molecule has 9 heteroatoms. The number of hydrogen-bond acceptors (Lipinski definition) is 6. The molecule has 35 heavy (non-hydrogen) atoms. The Hall–Kier alpha value is -4.50. The Morgan fingerprint density at radius 3 is 2.14 bits per heavy atom. The van der Waals surface area contributed by atoms with Crippen molar-refractivity contribution in [3.8, 4) is 16.9 Å². The zero-order valence-corrected chi connectivity index (χ0v) is 19.6. The number of aryl methyl sites for hydroxylation is 1. The van der Waals surface area contributed by atoms with Crippen molar-refractivity contribution in [2.45, 2.75) is 11.8 Å². The Balaban J connectivity index is 1.29. The molecule has 0 aliphatic rings. The van der Waals surface area contributed by atoms with Gasteiger partial charge in [0, 0.05) is 29.8 Å². The third-order valence-electron chi connectivity index (χ3n) is 5.24. The minimum Gasteiger partial charge on any atom is -0.340 e. The fourth-order valence-electron chi connectivity index (χ4n) is 3.58. The lowest BCUT2D eigenvalue weighted by Crippen LogP contribution is -2.12. The van der Waals surface area contributed by atoms with E-state index in [4.69, 9.17) is 0 Å². The summed E-state index contributed by atoms with van der Waals surface area (Å²) in [6.45, 7) is 1.81. The topological polar surface area (TPSA) is 102 Å². The van der Waals surface area contributed by atoms with E-state index in [0.717, 1.165) is 16.8 Å². The molecule has 2 aromatic heterocycles. The normalized spacial score (nSPS) is 11.2. The first-order valence-corrected chi connectivity index (χ1v) is 12.4. The van der Waals surface area contributed by atoms with Crippen LogP contribution in [0.2, 0.25) is 0 Å². The maximum Gasteiger partial charge on any atom is 0.261 e. The van der Waals surface area contributed by atoms with Gasteiger partial charge in [-0.2, -0.15) is 5.10 Å². The van der Waals surface area contributed by atoms with E-state index in [1.165, 1.54) is 0 Å². The van der Waals surface area contributed by atoms with E-state index in [2.05, 4.69) is 25.1 Å². The molecule has 0 saturated carbocycles. The minimum atomic E-state index is -3.72. The highest BCUT2D eigenvalue weighted by atomic mass is 32.2. The van der Waals surface area contributed by atoms with E-state index < -0.39 is 10.0 Å². The van der Waals surface area contributed by atoms with Gasteiger partial charge in [0.15, 0.2) is 5.82 Å². The molecule has 2 N–H and O–H groups in total. The molecule has 5 rings (SSSR count). The highest BCUT2D eigenvalue weighted by Crippen LogP contribution is 2.24. The number of rotatable bonds is 7. The highest BCUT2D eigenvalue weighted by Gasteiger charge is 2.14. The predicted molar refractivity (Wildman–Crippen MR) is 136 cm³/mol. The van der Waals surface area contributed by atoms with Crippen LogP contribution in [-0.2, 0) is 10.0 Å². The zero-order valence-electron chi connectivity index (χ0n) is 18.8. The molecule has 0 aliphatic carbocycles. The smallest absolute Gasteiger partial charge is 0.261 e. The summed E-state index contributed by atoms with van der Waals surface area (Å²) >= 11 is 0. The van der Waals surface area contributed by atoms with Gasteiger partial charge >= 0.3 is 0 Å². The van der Waals surface area contributed by atoms with Crippen LogP contribution in [0.3, 0.4) is 0 Å². The molecule has 0 unspecified atom stereocenters. The lowest BCUT2D eigenvalue weighted by molar-refractivity contribution is 0.601. The lowest BCUT2D eigenvalue weighted by atomic mass is 10.1. The zero-order chi connectivity index (χ0) is 24.3. The van der Waals surface area contributed by atoms with Crippen LogP contribution in [0, 0.1) is 6.92 Å². The van der Waals surface area contributed by atoms with E-state index in [1.807, 2.05) is 49.5 Å². The molecule has 3 aromatic carbocycles. The molecule has 0 spiro atoms. The molecule has 5 aromatic rings. The van der Waals surface area contributed by atoms with Crippen LogP contribution in [-0.4, -0.2) is 28.2 Å². The molecular formula is C26H22N6O2S. The summed E-state index contributed by atoms with van der Waals surface area (Å²) in [6, 6.07) is 27.2. The fraction of sp³-hybridized carbons (Fsp3) is 0.0385. The highest BCUT2D eigenvalue weighted by molar-refractivity contribution is 7.92. The fourth-order valence-corrected chi connectivity index (χ4v) is 4.64. The van der Waals surface area contributed by atoms with E-state index in [-0.39, 0.29) is 4.90 Å². The van der Waals surface area contributed by atoms with Crippen molar-refractivity contribution in [1.29, 1.82) is 0 Å². The van der Waals surface area contributed by atoms with Gasteiger partial charge in [-0.25, -0.2) is 23.1 Å². The number of hydrogen-bond donors (Lipinski definition) is 2. The SMILES string of the molecule is Cc1nc(Nc2ccc(NS(=O)(=O)c3ccc(-c4ccccc4)cc3)cc2)cc(-n2cccn2)n1. The average molecular weight is 483 g/mol. The van der Waals surface area contributed by atoms with E-state index in [9.17, 15) is 8.42 Å². The third-order valence-corrected chi connectivity index (χ3v) is 6.64. The molecule has 0 saturated heterocycles. The van der Waals surface area contributed by atoms with Gasteiger partial charge < -0.3 is 5.32 Å². The largest absolute Gasteiger partial charge is 0.340 e. The van der Waals surface area contributed by atoms with Gasteiger partial charge in [-0.3, -0.25) is 4.72 Å². The number of benzene rings is 3. The quantitative estimate of drug-likeness (QED) is 0.331. The van der Waals surface area contributed by atoms with Gasteiger partial charge in [-0.1, -0.05) is 42.5 Å². The first-order chi connectivity index (χ1) is 17.0. The summed E-state index contributed by atoms with van der Waals surface area (Å²) in [4.78, 5) is 9.01. The monoisotopic (exact) mass is 482 g/mol. The summed E-state index contributed by atoms with van der Waals surface area (Å²) in [5, 5.41) is 7.42. The van der Waals surface area contributed by atoms with Crippen molar-refractivity contribution < 1.29 is 8.42 Å². The van der Waals surface area contributed by atoms with Crippen LogP contribution in [0.25, 0.3) is 16.9 Å². The van der Waals surface area contributed by atoms with Crippen molar-refractivity contribution >= 4 is 27.2 Å². The second-order valence-electron chi connectivity index (χ2n) is 7.81. The van der Waals surface area contributed by atoms with Crippen molar-refractivity contribution in [3.63, 3.8) is 0 Å². The predicted octanol–water partition coefficient (Wildman–Crippen LogP) is 5.18. The first-order valence-electron chi connectivity index (χ1n) is 10.9. The van der Waals surface area contributed by atoms with Crippen molar-refractivity contribution in [1.82, 2.24) is 19.7 Å². The number of nitrogens with zero attached hydrogens (tertiary/aromatic N) is 4. The van der Waals surface area contributed by atoms with Crippen LogP contribution in [0.15, 0.2) is 108 Å². The summed E-state index contributed by atoms with van der Waals surface area (Å²) in [7, 11) is -3.72. The second kappa shape index (κ2) is 9.40. The van der Waals surface area contributed by atoms with Crippen LogP contribution in [0.4, 0.5) is 17.2 Å². The Bertz CT molecular complexity index is 1530. The number of anilines is 3. The average Bonchev–Trinajstić information content (AvgIpc) is 3.41. The summed E-state index contributed by atoms with van der Waals surface area (Å²) in [6.07, 6.45) is 3.49. The summed E-state index contributed by atoms with van der Waals surface area (Å²) < 4.78 is 30.0. The number of sulfonamides is 1. The molecule has 0 atom stereocenters. The van der Waals surface area contributed by atoms with Gasteiger partial charge in [0.25, 0.3) is 10.0 Å². The molecule has 0 fully saturated rings. The molecule has 8 nitrogen and oxygen atoms in total. The van der Waals surface area contributed by atoms with Gasteiger partial charge in [-0.05, 0) is 60.5 Å². The Morgan fingerprint density at radius 1 is 0.771 bits per heavy atom. The number of nitrogens with one attached hydrogen (secondary N) is 2. The van der Waals surface area contributed by atoms with Crippen molar-refractivity contribution in [2.24, 2.45) is 0 Å². The molecule has 0 radical (unpaired) electrons. The molecule has 0 bridgehead atoms. The maximum absolute atomic E-state index is 12.9. The third kappa shape index (κ3) is 5.20. The Labute approximate surface area is 203 Å². The molecule has 174 valence electrons. The van der Waals surface area contributed by atoms with Gasteiger partial charge in [0.1, 0.15) is 11.6 Å². The van der Waals surface area contributed by atoms with Crippen molar-refractivity contribution in [2.75, 3.05) is 10.0 Å². The van der Waals surface area contributed by atoms with Crippen LogP contribution in [0.5, 0.6) is 0 Å². The van der Waals surface area contributed by atoms with Gasteiger partial charge in [0.2, 0.25) is 0 Å². The Kier molecular flexibility index (Phi) is 5.99. The van der Waals surface area contributed by atoms with Crippen molar-refractivity contribution in [3.05, 3.63) is 109 Å². The summed E-state index contributed by atoms with van der Waals surface area (Å²) in [5.74, 6) is 1.85. The van der Waals surface area contributed by atoms with E-state index in [0.29, 0.717) is 23.1 Å². The molecule has 2 heterocycles. The standard InChI is InChI=1S/C26H22N6O2S/c1-19-28-25(18-26(29-19)32-17-5-16-27-32)30-22-10-12-23(13-11-22)31-35(33,34)24-14-8-21(9-15-24)20-6-3-2-4-7-20/h2-18,31H,1H3,(H,28,29,30). The molecule has 0 aliphatic heterocycles. The maximum atomic E-state index is 12.9. The second-order valence-corrected chi connectivity index (χ2v) is 9.49. The van der Waals surface area contributed by atoms with Crippen LogP contribution in [0.1, 0.15) is 5.82 Å². The van der Waals surface area contributed by atoms with Gasteiger partial charge in [0.05, 0.1) is 4.90 Å². The molecule has 0 amide bonds. The Morgan fingerprint density at radius 2 is 1.46 bits per heavy atom.